The minimum absolute atomic E-state index is 0.675. The summed E-state index contributed by atoms with van der Waals surface area (Å²) in [7, 11) is 1.49. The Morgan fingerprint density at radius 1 is 1.17 bits per heavy atom. The topological polar surface area (TPSA) is 39.7 Å². The SMILES string of the molecule is CONOC1=CC(Oc2ccccc2)=CC=CC1. The number of benzene rings is 1. The average molecular weight is 245 g/mol. The molecular formula is C14H15NO3. The van der Waals surface area contributed by atoms with Gasteiger partial charge in [0, 0.05) is 12.5 Å². The van der Waals surface area contributed by atoms with Gasteiger partial charge in [-0.15, -0.1) is 0 Å². The molecule has 0 aliphatic heterocycles. The van der Waals surface area contributed by atoms with Crippen molar-refractivity contribution in [3.8, 4) is 5.75 Å². The Labute approximate surface area is 106 Å². The Hall–Kier alpha value is -2.04. The van der Waals surface area contributed by atoms with Crippen LogP contribution in [0.5, 0.6) is 5.75 Å². The van der Waals surface area contributed by atoms with Crippen LogP contribution in [0, 0.1) is 0 Å². The maximum Gasteiger partial charge on any atom is 0.134 e. The molecular weight excluding hydrogens is 230 g/mol. The normalized spacial score (nSPS) is 14.5. The van der Waals surface area contributed by atoms with E-state index in [1.807, 2.05) is 54.6 Å². The van der Waals surface area contributed by atoms with Gasteiger partial charge in [-0.05, 0) is 23.9 Å². The molecule has 0 spiro atoms. The van der Waals surface area contributed by atoms with Gasteiger partial charge in [-0.2, -0.15) is 0 Å². The lowest BCUT2D eigenvalue weighted by molar-refractivity contribution is -0.123. The molecule has 0 saturated carbocycles. The highest BCUT2D eigenvalue weighted by molar-refractivity contribution is 5.31. The lowest BCUT2D eigenvalue weighted by Crippen LogP contribution is -2.12. The van der Waals surface area contributed by atoms with Gasteiger partial charge in [0.2, 0.25) is 0 Å². The maximum absolute atomic E-state index is 5.73. The van der Waals surface area contributed by atoms with E-state index < -0.39 is 0 Å². The van der Waals surface area contributed by atoms with Crippen LogP contribution in [0.25, 0.3) is 0 Å². The van der Waals surface area contributed by atoms with Crippen molar-refractivity contribution < 1.29 is 14.4 Å². The first-order chi connectivity index (χ1) is 8.88. The van der Waals surface area contributed by atoms with Gasteiger partial charge in [0.1, 0.15) is 17.3 Å². The zero-order chi connectivity index (χ0) is 12.6. The minimum atomic E-state index is 0.675. The Morgan fingerprint density at radius 2 is 2.00 bits per heavy atom. The molecule has 0 fully saturated rings. The number of allylic oxidation sites excluding steroid dienone is 4. The van der Waals surface area contributed by atoms with Crippen LogP contribution in [0.15, 0.2) is 66.2 Å². The molecule has 0 saturated heterocycles. The van der Waals surface area contributed by atoms with Gasteiger partial charge in [0.05, 0.1) is 7.11 Å². The van der Waals surface area contributed by atoms with Crippen molar-refractivity contribution in [3.63, 3.8) is 0 Å². The predicted octanol–water partition coefficient (Wildman–Crippen LogP) is 2.88. The molecule has 0 unspecified atom stereocenters. The smallest absolute Gasteiger partial charge is 0.134 e. The lowest BCUT2D eigenvalue weighted by atomic mass is 10.3. The van der Waals surface area contributed by atoms with Crippen molar-refractivity contribution in [1.82, 2.24) is 5.64 Å². The monoisotopic (exact) mass is 245 g/mol. The number of hydrogen-bond acceptors (Lipinski definition) is 4. The summed E-state index contributed by atoms with van der Waals surface area (Å²) >= 11 is 0. The van der Waals surface area contributed by atoms with E-state index in [0.29, 0.717) is 17.9 Å². The fraction of sp³-hybridized carbons (Fsp3) is 0.143. The summed E-state index contributed by atoms with van der Waals surface area (Å²) in [4.78, 5) is 9.84. The standard InChI is InChI=1S/C14H15NO3/c1-16-15-18-14-10-6-5-9-13(11-14)17-12-7-3-2-4-8-12/h2-9,11,15H,10H2,1H3. The third-order valence-corrected chi connectivity index (χ3v) is 2.25. The highest BCUT2D eigenvalue weighted by Gasteiger charge is 2.04. The van der Waals surface area contributed by atoms with Crippen molar-refractivity contribution in [2.24, 2.45) is 0 Å². The molecule has 0 atom stereocenters. The van der Waals surface area contributed by atoms with Crippen molar-refractivity contribution in [2.45, 2.75) is 6.42 Å². The molecule has 94 valence electrons. The van der Waals surface area contributed by atoms with Crippen molar-refractivity contribution >= 4 is 0 Å². The lowest BCUT2D eigenvalue weighted by Gasteiger charge is -2.09. The van der Waals surface area contributed by atoms with E-state index >= 15 is 0 Å². The van der Waals surface area contributed by atoms with Crippen LogP contribution >= 0.6 is 0 Å². The third-order valence-electron chi connectivity index (χ3n) is 2.25. The van der Waals surface area contributed by atoms with E-state index in [-0.39, 0.29) is 0 Å². The van der Waals surface area contributed by atoms with Gasteiger partial charge >= 0.3 is 0 Å². The fourth-order valence-corrected chi connectivity index (χ4v) is 1.47. The second-order valence-electron chi connectivity index (χ2n) is 3.62. The summed E-state index contributed by atoms with van der Waals surface area (Å²) in [6, 6.07) is 9.60. The molecule has 4 nitrogen and oxygen atoms in total. The van der Waals surface area contributed by atoms with E-state index in [4.69, 9.17) is 9.57 Å². The summed E-state index contributed by atoms with van der Waals surface area (Å²) in [5, 5.41) is 0. The Balaban J connectivity index is 2.06. The first-order valence-electron chi connectivity index (χ1n) is 5.63. The molecule has 1 N–H and O–H groups in total. The average Bonchev–Trinajstić information content (AvgIpc) is 2.63. The number of rotatable bonds is 5. The number of ether oxygens (including phenoxy) is 1. The van der Waals surface area contributed by atoms with Crippen molar-refractivity contribution in [1.29, 1.82) is 0 Å². The zero-order valence-electron chi connectivity index (χ0n) is 10.1. The van der Waals surface area contributed by atoms with Gasteiger partial charge in [-0.3, -0.25) is 4.84 Å². The van der Waals surface area contributed by atoms with Crippen molar-refractivity contribution in [3.05, 3.63) is 66.2 Å². The van der Waals surface area contributed by atoms with E-state index in [1.54, 1.807) is 0 Å². The fourth-order valence-electron chi connectivity index (χ4n) is 1.47. The quantitative estimate of drug-likeness (QED) is 0.810. The van der Waals surface area contributed by atoms with Crippen LogP contribution in [0.2, 0.25) is 0 Å². The molecule has 0 radical (unpaired) electrons. The van der Waals surface area contributed by atoms with Gasteiger partial charge < -0.3 is 9.57 Å². The van der Waals surface area contributed by atoms with Crippen LogP contribution in [-0.2, 0) is 9.68 Å². The third kappa shape index (κ3) is 3.76. The Kier molecular flexibility index (Phi) is 4.58. The molecule has 0 heterocycles. The molecule has 0 amide bonds. The van der Waals surface area contributed by atoms with E-state index in [0.717, 1.165) is 5.75 Å². The predicted molar refractivity (Wildman–Crippen MR) is 68.2 cm³/mol. The Bertz CT molecular complexity index is 463. The summed E-state index contributed by atoms with van der Waals surface area (Å²) in [5.74, 6) is 2.21. The molecule has 0 aromatic heterocycles. The summed E-state index contributed by atoms with van der Waals surface area (Å²) in [6.45, 7) is 0. The minimum Gasteiger partial charge on any atom is -0.457 e. The number of para-hydroxylation sites is 1. The highest BCUT2D eigenvalue weighted by atomic mass is 16.9. The molecule has 1 aliphatic rings. The van der Waals surface area contributed by atoms with Gasteiger partial charge in [-0.25, -0.2) is 0 Å². The molecule has 2 rings (SSSR count). The first kappa shape index (κ1) is 12.4. The van der Waals surface area contributed by atoms with E-state index in [2.05, 4.69) is 10.5 Å². The molecule has 4 heteroatoms. The number of hydrogen-bond donors (Lipinski definition) is 1. The van der Waals surface area contributed by atoms with Crippen LogP contribution in [0.3, 0.4) is 0 Å². The maximum atomic E-state index is 5.73. The van der Waals surface area contributed by atoms with E-state index in [1.165, 1.54) is 7.11 Å². The van der Waals surface area contributed by atoms with Gasteiger partial charge in [-0.1, -0.05) is 30.4 Å². The summed E-state index contributed by atoms with van der Waals surface area (Å²) in [5.41, 5.74) is 2.35. The van der Waals surface area contributed by atoms with Crippen LogP contribution in [0.1, 0.15) is 6.42 Å². The summed E-state index contributed by atoms with van der Waals surface area (Å²) < 4.78 is 5.73. The number of nitrogens with one attached hydrogen (secondary N) is 1. The molecule has 1 aliphatic carbocycles. The zero-order valence-corrected chi connectivity index (χ0v) is 10.1. The molecule has 0 bridgehead atoms. The van der Waals surface area contributed by atoms with Gasteiger partial charge in [0.15, 0.2) is 0 Å². The molecule has 1 aromatic rings. The van der Waals surface area contributed by atoms with Gasteiger partial charge in [0.25, 0.3) is 0 Å². The second kappa shape index (κ2) is 6.64. The van der Waals surface area contributed by atoms with E-state index in [9.17, 15) is 0 Å². The summed E-state index contributed by atoms with van der Waals surface area (Å²) in [6.07, 6.45) is 8.28. The second-order valence-corrected chi connectivity index (χ2v) is 3.62. The van der Waals surface area contributed by atoms with Crippen LogP contribution in [-0.4, -0.2) is 7.11 Å². The van der Waals surface area contributed by atoms with Crippen LogP contribution in [0.4, 0.5) is 0 Å². The molecule has 1 aromatic carbocycles. The first-order valence-corrected chi connectivity index (χ1v) is 5.63. The van der Waals surface area contributed by atoms with Crippen molar-refractivity contribution in [2.75, 3.05) is 7.11 Å². The van der Waals surface area contributed by atoms with Crippen LogP contribution < -0.4 is 10.4 Å². The largest absolute Gasteiger partial charge is 0.457 e. The Morgan fingerprint density at radius 3 is 2.78 bits per heavy atom. The highest BCUT2D eigenvalue weighted by Crippen LogP contribution is 2.18. The molecule has 18 heavy (non-hydrogen) atoms.